The molecule has 196 valence electrons. The molecule has 1 aromatic carbocycles. The first-order valence-electron chi connectivity index (χ1n) is 12.1. The van der Waals surface area contributed by atoms with Gasteiger partial charge in [0, 0.05) is 54.4 Å². The van der Waals surface area contributed by atoms with Gasteiger partial charge in [-0.15, -0.1) is 11.3 Å². The van der Waals surface area contributed by atoms with Crippen molar-refractivity contribution in [1.29, 1.82) is 0 Å². The molecule has 6 rings (SSSR count). The van der Waals surface area contributed by atoms with Gasteiger partial charge in [0.15, 0.2) is 9.84 Å². The molecule has 3 fully saturated rings. The zero-order valence-corrected chi connectivity index (χ0v) is 21.9. The molecule has 1 saturated carbocycles. The van der Waals surface area contributed by atoms with Gasteiger partial charge < -0.3 is 10.2 Å². The molecule has 37 heavy (non-hydrogen) atoms. The van der Waals surface area contributed by atoms with Crippen LogP contribution in [-0.2, 0) is 16.0 Å². The first kappa shape index (κ1) is 24.6. The van der Waals surface area contributed by atoms with Crippen LogP contribution in [0.5, 0.6) is 0 Å². The third-order valence-corrected chi connectivity index (χ3v) is 9.65. The van der Waals surface area contributed by atoms with Crippen LogP contribution in [0.2, 0.25) is 0 Å². The van der Waals surface area contributed by atoms with Crippen LogP contribution in [0.15, 0.2) is 40.7 Å². The van der Waals surface area contributed by atoms with Crippen molar-refractivity contribution in [2.45, 2.75) is 48.3 Å². The van der Waals surface area contributed by atoms with Crippen LogP contribution in [0.1, 0.15) is 36.3 Å². The van der Waals surface area contributed by atoms with Crippen molar-refractivity contribution in [1.82, 2.24) is 14.9 Å². The molecular weight excluding hydrogens is 523 g/mol. The number of sulfone groups is 1. The minimum Gasteiger partial charge on any atom is -0.366 e. The predicted molar refractivity (Wildman–Crippen MR) is 137 cm³/mol. The van der Waals surface area contributed by atoms with Crippen LogP contribution in [-0.4, -0.2) is 61.8 Å². The van der Waals surface area contributed by atoms with Crippen molar-refractivity contribution in [3.05, 3.63) is 47.0 Å². The highest BCUT2D eigenvalue weighted by molar-refractivity contribution is 7.90. The molecule has 2 atom stereocenters. The Kier molecular flexibility index (Phi) is 5.77. The number of hydrogen-bond donors (Lipinski definition) is 1. The molecule has 3 aliphatic rings. The average molecular weight is 550 g/mol. The molecule has 2 aliphatic heterocycles. The number of hydrogen-bond acceptors (Lipinski definition) is 8. The summed E-state index contributed by atoms with van der Waals surface area (Å²) in [6.07, 6.45) is 0.386. The Morgan fingerprint density at radius 2 is 1.92 bits per heavy atom. The molecular formula is C25H26F3N5O2S2. The first-order chi connectivity index (χ1) is 17.5. The van der Waals surface area contributed by atoms with Crippen LogP contribution < -0.4 is 10.2 Å². The van der Waals surface area contributed by atoms with Gasteiger partial charge in [0.05, 0.1) is 15.5 Å². The summed E-state index contributed by atoms with van der Waals surface area (Å²) in [5.41, 5.74) is 1.73. The maximum atomic E-state index is 13.8. The molecule has 7 nitrogen and oxygen atoms in total. The van der Waals surface area contributed by atoms with E-state index in [1.807, 2.05) is 6.07 Å². The second-order valence-corrected chi connectivity index (χ2v) is 13.1. The number of rotatable bonds is 6. The lowest BCUT2D eigenvalue weighted by atomic mass is 10.1. The quantitative estimate of drug-likeness (QED) is 0.456. The standard InChI is InChI=1S/C25H26F3N5O2S2/c1-32-11-17-7-16(32)12-33(17)15-5-6-21(19(8-15)14-3-4-14)30-24-29-10-20(25(26,27)28)23(31-24)22-9-18(13-36-22)37(2,34)35/h5-6,8-10,13-14,16-17H,3-4,7,11-12H2,1-2H3,(H,29,30,31)/t16-,17-/m1/s1. The van der Waals surface area contributed by atoms with Gasteiger partial charge in [0.25, 0.3) is 0 Å². The van der Waals surface area contributed by atoms with E-state index in [-0.39, 0.29) is 21.4 Å². The highest BCUT2D eigenvalue weighted by atomic mass is 32.2. The zero-order chi connectivity index (χ0) is 26.1. The Bertz CT molecular complexity index is 1470. The van der Waals surface area contributed by atoms with Crippen molar-refractivity contribution in [3.63, 3.8) is 0 Å². The number of aromatic nitrogens is 2. The maximum Gasteiger partial charge on any atom is 0.420 e. The van der Waals surface area contributed by atoms with Crippen molar-refractivity contribution in [3.8, 4) is 10.6 Å². The smallest absolute Gasteiger partial charge is 0.366 e. The maximum absolute atomic E-state index is 13.8. The summed E-state index contributed by atoms with van der Waals surface area (Å²) in [6.45, 7) is 2.05. The van der Waals surface area contributed by atoms with Crippen LogP contribution in [0.4, 0.5) is 30.5 Å². The lowest BCUT2D eigenvalue weighted by Crippen LogP contribution is -2.44. The number of nitrogens with zero attached hydrogens (tertiary/aromatic N) is 4. The Morgan fingerprint density at radius 1 is 1.14 bits per heavy atom. The Balaban J connectivity index is 1.33. The molecule has 1 aliphatic carbocycles. The number of benzene rings is 1. The van der Waals surface area contributed by atoms with Crippen LogP contribution in [0.3, 0.4) is 0 Å². The van der Waals surface area contributed by atoms with Gasteiger partial charge in [-0.1, -0.05) is 0 Å². The minimum atomic E-state index is -4.69. The van der Waals surface area contributed by atoms with E-state index in [4.69, 9.17) is 0 Å². The number of likely N-dealkylation sites (tertiary alicyclic amines) is 1. The van der Waals surface area contributed by atoms with Gasteiger partial charge in [0.1, 0.15) is 5.56 Å². The van der Waals surface area contributed by atoms with E-state index < -0.39 is 21.6 Å². The fourth-order valence-electron chi connectivity index (χ4n) is 5.35. The highest BCUT2D eigenvalue weighted by Gasteiger charge is 2.42. The summed E-state index contributed by atoms with van der Waals surface area (Å²) in [7, 11) is -1.39. The van der Waals surface area contributed by atoms with Crippen LogP contribution >= 0.6 is 11.3 Å². The number of likely N-dealkylation sites (N-methyl/N-ethyl adjacent to an activating group) is 1. The molecule has 3 aromatic rings. The normalized spacial score (nSPS) is 22.1. The van der Waals surface area contributed by atoms with Gasteiger partial charge in [-0.25, -0.2) is 18.4 Å². The van der Waals surface area contributed by atoms with E-state index in [1.165, 1.54) is 23.6 Å². The van der Waals surface area contributed by atoms with Crippen molar-refractivity contribution < 1.29 is 21.6 Å². The largest absolute Gasteiger partial charge is 0.420 e. The number of anilines is 3. The number of piperazine rings is 1. The topological polar surface area (TPSA) is 78.4 Å². The molecule has 1 N–H and O–H groups in total. The van der Waals surface area contributed by atoms with E-state index >= 15 is 0 Å². The Hall–Kier alpha value is -2.70. The molecule has 2 saturated heterocycles. The number of thiophene rings is 1. The van der Waals surface area contributed by atoms with Gasteiger partial charge in [-0.3, -0.25) is 4.90 Å². The lowest BCUT2D eigenvalue weighted by Gasteiger charge is -2.34. The predicted octanol–water partition coefficient (Wildman–Crippen LogP) is 5.14. The van der Waals surface area contributed by atoms with Crippen LogP contribution in [0, 0.1) is 0 Å². The molecule has 2 aromatic heterocycles. The van der Waals surface area contributed by atoms with Crippen LogP contribution in [0.25, 0.3) is 10.6 Å². The number of halogens is 3. The van der Waals surface area contributed by atoms with E-state index in [0.717, 1.165) is 61.0 Å². The summed E-state index contributed by atoms with van der Waals surface area (Å²) in [5, 5.41) is 4.47. The number of alkyl halides is 3. The molecule has 2 bridgehead atoms. The minimum absolute atomic E-state index is 0.0359. The van der Waals surface area contributed by atoms with Gasteiger partial charge in [-0.05, 0) is 62.1 Å². The summed E-state index contributed by atoms with van der Waals surface area (Å²) >= 11 is 0.909. The van der Waals surface area contributed by atoms with E-state index in [9.17, 15) is 21.6 Å². The lowest BCUT2D eigenvalue weighted by molar-refractivity contribution is -0.137. The van der Waals surface area contributed by atoms with Gasteiger partial charge in [0.2, 0.25) is 5.95 Å². The van der Waals surface area contributed by atoms with Crippen molar-refractivity contribution in [2.75, 3.05) is 36.6 Å². The fraction of sp³-hybridized carbons (Fsp3) is 0.440. The van der Waals surface area contributed by atoms with Crippen molar-refractivity contribution >= 4 is 38.5 Å². The Morgan fingerprint density at radius 3 is 2.51 bits per heavy atom. The monoisotopic (exact) mass is 549 g/mol. The number of fused-ring (bicyclic) bond motifs is 2. The third-order valence-electron chi connectivity index (χ3n) is 7.48. The second-order valence-electron chi connectivity index (χ2n) is 10.2. The summed E-state index contributed by atoms with van der Waals surface area (Å²) in [5.74, 6) is 0.433. The Labute approximate surface area is 217 Å². The van der Waals surface area contributed by atoms with Gasteiger partial charge >= 0.3 is 6.18 Å². The first-order valence-corrected chi connectivity index (χ1v) is 14.9. The number of nitrogens with one attached hydrogen (secondary N) is 1. The second kappa shape index (κ2) is 8.67. The summed E-state index contributed by atoms with van der Waals surface area (Å²) < 4.78 is 65.1. The molecule has 12 heteroatoms. The third kappa shape index (κ3) is 4.70. The summed E-state index contributed by atoms with van der Waals surface area (Å²) in [6, 6.07) is 8.52. The molecule has 0 radical (unpaired) electrons. The van der Waals surface area contributed by atoms with Gasteiger partial charge in [-0.2, -0.15) is 13.2 Å². The molecule has 0 amide bonds. The SMILES string of the molecule is CN1C[C@H]2C[C@@H]1CN2c1ccc(Nc2ncc(C(F)(F)F)c(-c3cc(S(C)(=O)=O)cs3)n2)c(C2CC2)c1. The molecule has 0 spiro atoms. The summed E-state index contributed by atoms with van der Waals surface area (Å²) in [4.78, 5) is 13.1. The van der Waals surface area contributed by atoms with E-state index in [1.54, 1.807) is 0 Å². The van der Waals surface area contributed by atoms with Crippen molar-refractivity contribution in [2.24, 2.45) is 0 Å². The molecule has 4 heterocycles. The molecule has 0 unspecified atom stereocenters. The zero-order valence-electron chi connectivity index (χ0n) is 20.3. The van der Waals surface area contributed by atoms with E-state index in [0.29, 0.717) is 18.0 Å². The fourth-order valence-corrected chi connectivity index (χ4v) is 7.38. The highest BCUT2D eigenvalue weighted by Crippen LogP contribution is 2.46. The van der Waals surface area contributed by atoms with E-state index in [2.05, 4.69) is 44.3 Å². The average Bonchev–Trinajstić information content (AvgIpc) is 3.22.